The molecule has 0 spiro atoms. The van der Waals surface area contributed by atoms with Gasteiger partial charge in [0.1, 0.15) is 0 Å². The van der Waals surface area contributed by atoms with Crippen LogP contribution in [0.5, 0.6) is 0 Å². The molecule has 0 aromatic rings. The Kier molecular flexibility index (Phi) is 5.71. The van der Waals surface area contributed by atoms with E-state index in [2.05, 4.69) is 22.7 Å². The lowest BCUT2D eigenvalue weighted by Crippen LogP contribution is -2.42. The Bertz CT molecular complexity index is 411. The Morgan fingerprint density at radius 1 is 0.958 bits per heavy atom. The van der Waals surface area contributed by atoms with Crippen LogP contribution in [0, 0.1) is 11.8 Å². The van der Waals surface area contributed by atoms with Gasteiger partial charge < -0.3 is 19.1 Å². The van der Waals surface area contributed by atoms with E-state index in [9.17, 15) is 0 Å². The first-order valence-electron chi connectivity index (χ1n) is 9.84. The molecule has 2 N–H and O–H groups in total. The van der Waals surface area contributed by atoms with Gasteiger partial charge in [-0.2, -0.15) is 0 Å². The highest BCUT2D eigenvalue weighted by molar-refractivity contribution is 5.00. The number of fused-ring (bicyclic) bond motifs is 4. The molecule has 3 heterocycles. The van der Waals surface area contributed by atoms with Crippen LogP contribution >= 0.6 is 0 Å². The molecule has 1 saturated carbocycles. The molecule has 6 heteroatoms. The van der Waals surface area contributed by atoms with Gasteiger partial charge in [0.05, 0.1) is 38.6 Å². The van der Waals surface area contributed by atoms with Gasteiger partial charge in [0.2, 0.25) is 0 Å². The van der Waals surface area contributed by atoms with Crippen LogP contribution in [0.1, 0.15) is 32.6 Å². The van der Waals surface area contributed by atoms with Crippen molar-refractivity contribution in [2.24, 2.45) is 11.8 Å². The number of hydrogen-bond donors (Lipinski definition) is 2. The summed E-state index contributed by atoms with van der Waals surface area (Å²) in [6, 6.07) is 1.22. The summed E-state index contributed by atoms with van der Waals surface area (Å²) in [5, 5.41) is 0. The van der Waals surface area contributed by atoms with Crippen molar-refractivity contribution in [3.05, 3.63) is 0 Å². The molecule has 6 unspecified atom stereocenters. The summed E-state index contributed by atoms with van der Waals surface area (Å²) in [6.07, 6.45) is 5.40. The number of ether oxygens (including phenoxy) is 3. The van der Waals surface area contributed by atoms with Gasteiger partial charge in [0, 0.05) is 25.2 Å². The Morgan fingerprint density at radius 3 is 2.88 bits per heavy atom. The van der Waals surface area contributed by atoms with E-state index in [0.717, 1.165) is 25.5 Å². The van der Waals surface area contributed by atoms with Crippen molar-refractivity contribution in [3.63, 3.8) is 0 Å². The third-order valence-corrected chi connectivity index (χ3v) is 6.31. The molecule has 1 aliphatic carbocycles. The molecular weight excluding hydrogens is 306 g/mol. The zero-order valence-corrected chi connectivity index (χ0v) is 14.9. The van der Waals surface area contributed by atoms with Crippen LogP contribution in [0.2, 0.25) is 0 Å². The minimum absolute atomic E-state index is 0.148. The average molecular weight is 339 g/mol. The zero-order valence-electron chi connectivity index (χ0n) is 14.9. The molecule has 0 radical (unpaired) electrons. The molecule has 6 nitrogen and oxygen atoms in total. The monoisotopic (exact) mass is 339 g/mol. The molecule has 4 aliphatic rings. The zero-order chi connectivity index (χ0) is 16.4. The first-order valence-corrected chi connectivity index (χ1v) is 9.84. The maximum Gasteiger partial charge on any atom is 0.0781 e. The summed E-state index contributed by atoms with van der Waals surface area (Å²) in [6.45, 7) is 8.41. The van der Waals surface area contributed by atoms with Crippen molar-refractivity contribution < 1.29 is 14.2 Å². The van der Waals surface area contributed by atoms with E-state index < -0.39 is 0 Å². The van der Waals surface area contributed by atoms with Crippen LogP contribution in [-0.2, 0) is 14.2 Å². The second-order valence-corrected chi connectivity index (χ2v) is 8.00. The Morgan fingerprint density at radius 2 is 1.92 bits per heavy atom. The minimum Gasteiger partial charge on any atom is -0.378 e. The van der Waals surface area contributed by atoms with Crippen molar-refractivity contribution in [1.82, 2.24) is 15.8 Å². The SMILES string of the molecule is C[C@H]1COC2CCC3NNC(C4CCN(CCOCCO1)C4)C3C2. The van der Waals surface area contributed by atoms with Gasteiger partial charge in [0.25, 0.3) is 0 Å². The van der Waals surface area contributed by atoms with E-state index in [1.165, 1.54) is 32.4 Å². The first-order chi connectivity index (χ1) is 11.8. The van der Waals surface area contributed by atoms with Gasteiger partial charge in [-0.3, -0.25) is 10.9 Å². The topological polar surface area (TPSA) is 55.0 Å². The highest BCUT2D eigenvalue weighted by Gasteiger charge is 2.45. The van der Waals surface area contributed by atoms with Crippen molar-refractivity contribution in [2.45, 2.75) is 56.9 Å². The van der Waals surface area contributed by atoms with Gasteiger partial charge in [-0.05, 0) is 51.0 Å². The molecule has 0 aromatic carbocycles. The molecular formula is C18H33N3O3. The Hall–Kier alpha value is -0.240. The van der Waals surface area contributed by atoms with E-state index in [1.807, 2.05) is 0 Å². The van der Waals surface area contributed by atoms with Crippen molar-refractivity contribution in [1.29, 1.82) is 0 Å². The maximum absolute atomic E-state index is 6.20. The first kappa shape index (κ1) is 17.2. The van der Waals surface area contributed by atoms with E-state index in [-0.39, 0.29) is 6.10 Å². The fourth-order valence-corrected chi connectivity index (χ4v) is 4.95. The Balaban J connectivity index is 1.41. The molecule has 0 aromatic heterocycles. The van der Waals surface area contributed by atoms with Crippen LogP contribution in [0.3, 0.4) is 0 Å². The standard InChI is InChI=1S/C18H33N3O3/c1-13-12-24-15-2-3-17-16(10-15)18(20-19-17)14-4-5-21(11-14)6-7-22-8-9-23-13/h13-20H,2-12H2,1H3/t13-,14?,15?,16?,17?,18?/m0/s1. The molecule has 4 rings (SSSR count). The molecule has 3 saturated heterocycles. The van der Waals surface area contributed by atoms with Gasteiger partial charge >= 0.3 is 0 Å². The minimum atomic E-state index is 0.148. The van der Waals surface area contributed by atoms with Crippen LogP contribution in [-0.4, -0.2) is 75.3 Å². The van der Waals surface area contributed by atoms with Crippen molar-refractivity contribution >= 4 is 0 Å². The summed E-state index contributed by atoms with van der Waals surface area (Å²) < 4.78 is 17.7. The van der Waals surface area contributed by atoms with E-state index in [0.29, 0.717) is 43.9 Å². The number of hydrogen-bond acceptors (Lipinski definition) is 6. The molecule has 7 atom stereocenters. The summed E-state index contributed by atoms with van der Waals surface area (Å²) in [4.78, 5) is 2.56. The highest BCUT2D eigenvalue weighted by atomic mass is 16.6. The lowest BCUT2D eigenvalue weighted by molar-refractivity contribution is -0.0663. The second kappa shape index (κ2) is 7.98. The number of nitrogens with zero attached hydrogens (tertiary/aromatic N) is 1. The number of nitrogens with one attached hydrogen (secondary N) is 2. The lowest BCUT2D eigenvalue weighted by Gasteiger charge is -2.35. The number of hydrazine groups is 1. The molecule has 24 heavy (non-hydrogen) atoms. The number of rotatable bonds is 0. The summed E-state index contributed by atoms with van der Waals surface area (Å²) in [5.74, 6) is 1.45. The highest BCUT2D eigenvalue weighted by Crippen LogP contribution is 2.37. The molecule has 138 valence electrons. The van der Waals surface area contributed by atoms with Crippen molar-refractivity contribution in [2.75, 3.05) is 46.1 Å². The fourth-order valence-electron chi connectivity index (χ4n) is 4.95. The normalized spacial score (nSPS) is 47.6. The van der Waals surface area contributed by atoms with E-state index in [1.54, 1.807) is 0 Å². The molecule has 4 fully saturated rings. The van der Waals surface area contributed by atoms with Crippen LogP contribution in [0.4, 0.5) is 0 Å². The summed E-state index contributed by atoms with van der Waals surface area (Å²) >= 11 is 0. The fraction of sp³-hybridized carbons (Fsp3) is 1.00. The smallest absolute Gasteiger partial charge is 0.0781 e. The Labute approximate surface area is 145 Å². The van der Waals surface area contributed by atoms with Crippen LogP contribution in [0.25, 0.3) is 0 Å². The van der Waals surface area contributed by atoms with E-state index in [4.69, 9.17) is 14.2 Å². The average Bonchev–Trinajstić information content (AvgIpc) is 3.21. The van der Waals surface area contributed by atoms with Crippen molar-refractivity contribution in [3.8, 4) is 0 Å². The lowest BCUT2D eigenvalue weighted by atomic mass is 9.76. The summed E-state index contributed by atoms with van der Waals surface area (Å²) in [5.41, 5.74) is 7.21. The third-order valence-electron chi connectivity index (χ3n) is 6.31. The predicted octanol–water partition coefficient (Wildman–Crippen LogP) is 0.774. The van der Waals surface area contributed by atoms with Crippen LogP contribution < -0.4 is 10.9 Å². The maximum atomic E-state index is 6.20. The van der Waals surface area contributed by atoms with Crippen LogP contribution in [0.15, 0.2) is 0 Å². The predicted molar refractivity (Wildman–Crippen MR) is 91.7 cm³/mol. The largest absolute Gasteiger partial charge is 0.378 e. The molecule has 3 aliphatic heterocycles. The van der Waals surface area contributed by atoms with Gasteiger partial charge in [0.15, 0.2) is 0 Å². The van der Waals surface area contributed by atoms with Gasteiger partial charge in [-0.15, -0.1) is 0 Å². The van der Waals surface area contributed by atoms with E-state index >= 15 is 0 Å². The molecule has 4 bridgehead atoms. The van der Waals surface area contributed by atoms with Gasteiger partial charge in [-0.25, -0.2) is 0 Å². The van der Waals surface area contributed by atoms with Gasteiger partial charge in [-0.1, -0.05) is 0 Å². The quantitative estimate of drug-likeness (QED) is 0.680. The molecule has 0 amide bonds. The third kappa shape index (κ3) is 3.94. The summed E-state index contributed by atoms with van der Waals surface area (Å²) in [7, 11) is 0. The second-order valence-electron chi connectivity index (χ2n) is 8.00.